The molecule has 0 bridgehead atoms. The van der Waals surface area contributed by atoms with Crippen molar-refractivity contribution in [2.24, 2.45) is 0 Å². The SMILES string of the molecule is O=C(O[C@H]1C=[N+]([O-])O[C@@H](O[C@H]2CCCC[C@@H]2c2ccccc2)C1)c1ccccc1. The van der Waals surface area contributed by atoms with Crippen LogP contribution in [0.2, 0.25) is 0 Å². The Hall–Kier alpha value is -2.86. The predicted molar refractivity (Wildman–Crippen MR) is 107 cm³/mol. The minimum Gasteiger partial charge on any atom is -0.448 e. The van der Waals surface area contributed by atoms with Crippen LogP contribution in [-0.4, -0.2) is 35.6 Å². The van der Waals surface area contributed by atoms with Gasteiger partial charge in [0.1, 0.15) is 0 Å². The first kappa shape index (κ1) is 19.5. The summed E-state index contributed by atoms with van der Waals surface area (Å²) in [5, 5.41) is 12.0. The number of hydrogen-bond acceptors (Lipinski definition) is 5. The van der Waals surface area contributed by atoms with Crippen molar-refractivity contribution in [3.8, 4) is 0 Å². The molecular weight excluding hydrogens is 370 g/mol. The highest BCUT2D eigenvalue weighted by molar-refractivity contribution is 5.90. The van der Waals surface area contributed by atoms with Gasteiger partial charge in [0, 0.05) is 17.2 Å². The Balaban J connectivity index is 1.41. The molecule has 152 valence electrons. The van der Waals surface area contributed by atoms with E-state index >= 15 is 0 Å². The van der Waals surface area contributed by atoms with E-state index in [0.29, 0.717) is 10.5 Å². The molecule has 0 unspecified atom stereocenters. The van der Waals surface area contributed by atoms with E-state index in [1.54, 1.807) is 24.3 Å². The number of carbonyl (C=O) groups excluding carboxylic acids is 1. The first-order chi connectivity index (χ1) is 14.2. The van der Waals surface area contributed by atoms with Crippen molar-refractivity contribution in [2.45, 2.75) is 56.5 Å². The lowest BCUT2D eigenvalue weighted by molar-refractivity contribution is -0.770. The van der Waals surface area contributed by atoms with Crippen LogP contribution in [-0.2, 0) is 14.3 Å². The number of carbonyl (C=O) groups is 1. The quantitative estimate of drug-likeness (QED) is 0.561. The molecule has 0 saturated heterocycles. The lowest BCUT2D eigenvalue weighted by atomic mass is 9.81. The summed E-state index contributed by atoms with van der Waals surface area (Å²) in [6.07, 6.45) is 4.22. The van der Waals surface area contributed by atoms with Crippen molar-refractivity contribution in [3.05, 3.63) is 77.0 Å². The summed E-state index contributed by atoms with van der Waals surface area (Å²) in [5.41, 5.74) is 1.68. The Labute approximate surface area is 170 Å². The van der Waals surface area contributed by atoms with E-state index < -0.39 is 18.4 Å². The molecule has 4 atom stereocenters. The van der Waals surface area contributed by atoms with E-state index in [2.05, 4.69) is 12.1 Å². The molecule has 2 aliphatic rings. The molecule has 1 aliphatic carbocycles. The smallest absolute Gasteiger partial charge is 0.338 e. The number of hydrogen-bond donors (Lipinski definition) is 0. The van der Waals surface area contributed by atoms with Crippen LogP contribution in [0.5, 0.6) is 0 Å². The van der Waals surface area contributed by atoms with E-state index in [0.717, 1.165) is 25.7 Å². The molecule has 0 spiro atoms. The standard InChI is InChI=1S/C23H25NO5/c25-23(18-11-5-2-6-12-18)27-19-15-22(29-24(26)16-19)28-21-14-8-7-13-20(21)17-9-3-1-4-10-17/h1-6,9-12,16,19-22H,7-8,13-15H2/t19-,20-,21+,22-/m1/s1. The van der Waals surface area contributed by atoms with E-state index in [9.17, 15) is 10.0 Å². The zero-order valence-electron chi connectivity index (χ0n) is 16.2. The van der Waals surface area contributed by atoms with Gasteiger partial charge in [0.05, 0.1) is 11.7 Å². The normalized spacial score (nSPS) is 26.8. The molecule has 0 N–H and O–H groups in total. The summed E-state index contributed by atoms with van der Waals surface area (Å²) in [4.78, 5) is 18.0. The van der Waals surface area contributed by atoms with Gasteiger partial charge < -0.3 is 14.3 Å². The van der Waals surface area contributed by atoms with Crippen LogP contribution < -0.4 is 0 Å². The maximum atomic E-state index is 12.3. The number of nitrogens with zero attached hydrogens (tertiary/aromatic N) is 1. The lowest BCUT2D eigenvalue weighted by Crippen LogP contribution is -2.41. The topological polar surface area (TPSA) is 70.8 Å². The fourth-order valence-corrected chi connectivity index (χ4v) is 4.06. The molecule has 0 aromatic heterocycles. The number of benzene rings is 2. The summed E-state index contributed by atoms with van der Waals surface area (Å²) in [5.74, 6) is -0.203. The lowest BCUT2D eigenvalue weighted by Gasteiger charge is -2.36. The van der Waals surface area contributed by atoms with Gasteiger partial charge in [0.2, 0.25) is 0 Å². The van der Waals surface area contributed by atoms with Gasteiger partial charge in [-0.15, -0.1) is 0 Å². The Morgan fingerprint density at radius 1 is 1.00 bits per heavy atom. The zero-order valence-corrected chi connectivity index (χ0v) is 16.2. The molecule has 6 nitrogen and oxygen atoms in total. The summed E-state index contributed by atoms with van der Waals surface area (Å²) < 4.78 is 11.7. The number of rotatable bonds is 5. The second kappa shape index (κ2) is 9.09. The zero-order chi connectivity index (χ0) is 20.1. The van der Waals surface area contributed by atoms with Gasteiger partial charge in [0.25, 0.3) is 6.21 Å². The summed E-state index contributed by atoms with van der Waals surface area (Å²) >= 11 is 0. The molecule has 29 heavy (non-hydrogen) atoms. The van der Waals surface area contributed by atoms with Gasteiger partial charge in [0.15, 0.2) is 12.4 Å². The molecule has 6 heteroatoms. The first-order valence-electron chi connectivity index (χ1n) is 10.1. The Bertz CT molecular complexity index is 839. The molecule has 2 aromatic rings. The van der Waals surface area contributed by atoms with Gasteiger partial charge in [-0.3, -0.25) is 5.21 Å². The number of esters is 1. The highest BCUT2D eigenvalue weighted by Gasteiger charge is 2.34. The highest BCUT2D eigenvalue weighted by atomic mass is 16.9. The third kappa shape index (κ3) is 4.95. The van der Waals surface area contributed by atoms with Crippen molar-refractivity contribution < 1.29 is 24.0 Å². The van der Waals surface area contributed by atoms with Gasteiger partial charge in [-0.25, -0.2) is 4.79 Å². The fourth-order valence-electron chi connectivity index (χ4n) is 4.06. The van der Waals surface area contributed by atoms with Crippen LogP contribution >= 0.6 is 0 Å². The van der Waals surface area contributed by atoms with Crippen LogP contribution in [0.25, 0.3) is 0 Å². The van der Waals surface area contributed by atoms with Gasteiger partial charge in [-0.1, -0.05) is 61.4 Å². The van der Waals surface area contributed by atoms with Gasteiger partial charge >= 0.3 is 5.97 Å². The van der Waals surface area contributed by atoms with Gasteiger partial charge in [-0.2, -0.15) is 0 Å². The van der Waals surface area contributed by atoms with E-state index in [1.807, 2.05) is 24.3 Å². The van der Waals surface area contributed by atoms with Crippen molar-refractivity contribution in [1.82, 2.24) is 0 Å². The summed E-state index contributed by atoms with van der Waals surface area (Å²) in [6, 6.07) is 19.0. The second-order valence-electron chi connectivity index (χ2n) is 7.49. The largest absolute Gasteiger partial charge is 0.448 e. The molecule has 2 aromatic carbocycles. The monoisotopic (exact) mass is 395 g/mol. The molecule has 1 fully saturated rings. The second-order valence-corrected chi connectivity index (χ2v) is 7.49. The molecule has 0 amide bonds. The van der Waals surface area contributed by atoms with E-state index in [-0.39, 0.29) is 18.4 Å². The maximum absolute atomic E-state index is 12.3. The molecule has 0 radical (unpaired) electrons. The van der Waals surface area contributed by atoms with Crippen LogP contribution in [0.4, 0.5) is 0 Å². The summed E-state index contributed by atoms with van der Waals surface area (Å²) in [6.45, 7) is 0. The summed E-state index contributed by atoms with van der Waals surface area (Å²) in [7, 11) is 0. The van der Waals surface area contributed by atoms with Gasteiger partial charge in [-0.05, 0) is 30.5 Å². The predicted octanol–water partition coefficient (Wildman–Crippen LogP) is 4.20. The van der Waals surface area contributed by atoms with Crippen LogP contribution in [0, 0.1) is 5.21 Å². The third-order valence-electron chi connectivity index (χ3n) is 5.46. The average molecular weight is 395 g/mol. The molecule has 1 saturated carbocycles. The van der Waals surface area contributed by atoms with Crippen molar-refractivity contribution in [2.75, 3.05) is 0 Å². The minimum atomic E-state index is -0.750. The van der Waals surface area contributed by atoms with Crippen molar-refractivity contribution >= 4 is 12.2 Å². The highest BCUT2D eigenvalue weighted by Crippen LogP contribution is 2.36. The van der Waals surface area contributed by atoms with Crippen LogP contribution in [0.15, 0.2) is 60.7 Å². The fraction of sp³-hybridized carbons (Fsp3) is 0.391. The maximum Gasteiger partial charge on any atom is 0.338 e. The molecule has 1 heterocycles. The Morgan fingerprint density at radius 2 is 1.69 bits per heavy atom. The van der Waals surface area contributed by atoms with Crippen molar-refractivity contribution in [1.29, 1.82) is 0 Å². The third-order valence-corrected chi connectivity index (χ3v) is 5.46. The van der Waals surface area contributed by atoms with E-state index in [4.69, 9.17) is 14.3 Å². The minimum absolute atomic E-state index is 0.0341. The molecule has 1 aliphatic heterocycles. The molecular formula is C23H25NO5. The molecule has 4 rings (SSSR count). The Morgan fingerprint density at radius 3 is 2.45 bits per heavy atom. The number of ether oxygens (including phenoxy) is 2. The first-order valence-corrected chi connectivity index (χ1v) is 10.1. The van der Waals surface area contributed by atoms with E-state index in [1.165, 1.54) is 11.8 Å². The Kier molecular flexibility index (Phi) is 6.10. The van der Waals surface area contributed by atoms with Crippen LogP contribution in [0.1, 0.15) is 53.9 Å². The van der Waals surface area contributed by atoms with Crippen LogP contribution in [0.3, 0.4) is 0 Å². The average Bonchev–Trinajstić information content (AvgIpc) is 2.75. The van der Waals surface area contributed by atoms with Crippen molar-refractivity contribution in [3.63, 3.8) is 0 Å².